The summed E-state index contributed by atoms with van der Waals surface area (Å²) in [6.45, 7) is 6.48. The van der Waals surface area contributed by atoms with Crippen molar-refractivity contribution in [3.8, 4) is 5.75 Å². The fourth-order valence-electron chi connectivity index (χ4n) is 5.65. The lowest BCUT2D eigenvalue weighted by molar-refractivity contribution is -0.219. The Morgan fingerprint density at radius 1 is 1.32 bits per heavy atom. The number of aryl methyl sites for hydroxylation is 1. The SMILES string of the molecule is COc1cc(C)[nH]c(=O)c1CNC(=O)C1=C(C)C(C[C@H](C)[C@@H]2CC(N(C)CC(C)(F)F)O2)c2ccccc21. The van der Waals surface area contributed by atoms with E-state index in [1.807, 2.05) is 31.2 Å². The number of pyridine rings is 1. The zero-order valence-electron chi connectivity index (χ0n) is 22.9. The first kappa shape index (κ1) is 28.0. The van der Waals surface area contributed by atoms with E-state index in [4.69, 9.17) is 9.47 Å². The van der Waals surface area contributed by atoms with Gasteiger partial charge in [-0.25, -0.2) is 8.78 Å². The van der Waals surface area contributed by atoms with Gasteiger partial charge in [0.2, 0.25) is 0 Å². The number of methoxy groups -OCH3 is 1. The van der Waals surface area contributed by atoms with Crippen LogP contribution in [0.2, 0.25) is 0 Å². The maximum atomic E-state index is 13.4. The highest BCUT2D eigenvalue weighted by atomic mass is 19.3. The maximum absolute atomic E-state index is 13.4. The first-order valence-corrected chi connectivity index (χ1v) is 13.0. The Labute approximate surface area is 222 Å². The van der Waals surface area contributed by atoms with Gasteiger partial charge < -0.3 is 19.8 Å². The van der Waals surface area contributed by atoms with Crippen LogP contribution in [-0.2, 0) is 16.1 Å². The molecular weight excluding hydrogens is 492 g/mol. The number of allylic oxidation sites excluding steroid dienone is 1. The molecule has 0 radical (unpaired) electrons. The number of fused-ring (bicyclic) bond motifs is 1. The Balaban J connectivity index is 1.46. The normalized spacial score (nSPS) is 21.8. The summed E-state index contributed by atoms with van der Waals surface area (Å²) in [4.78, 5) is 30.2. The van der Waals surface area contributed by atoms with E-state index >= 15 is 0 Å². The molecule has 2 aromatic rings. The number of benzene rings is 1. The van der Waals surface area contributed by atoms with Gasteiger partial charge in [0.1, 0.15) is 12.0 Å². The molecule has 9 heteroatoms. The van der Waals surface area contributed by atoms with E-state index in [9.17, 15) is 18.4 Å². The van der Waals surface area contributed by atoms with Gasteiger partial charge in [-0.05, 0) is 50.4 Å². The molecule has 2 heterocycles. The Hall–Kier alpha value is -3.04. The van der Waals surface area contributed by atoms with Crippen LogP contribution in [0.25, 0.3) is 5.57 Å². The summed E-state index contributed by atoms with van der Waals surface area (Å²) in [5.41, 5.74) is 4.32. The summed E-state index contributed by atoms with van der Waals surface area (Å²) in [5.74, 6) is -2.36. The standard InChI is InChI=1S/C29H37F2N3O4/c1-16(23-13-25(38-23)34(5)15-29(4,30)31)11-21-18(3)26(20-10-8-7-9-19(20)21)28(36)32-14-22-24(37-6)12-17(2)33-27(22)35/h7-10,12,16,21,23,25H,11,13-15H2,1-6H3,(H,32,36)(H,33,35)/t16-,21?,23-,25?/m0/s1. The lowest BCUT2D eigenvalue weighted by Gasteiger charge is -2.45. The maximum Gasteiger partial charge on any atom is 0.257 e. The summed E-state index contributed by atoms with van der Waals surface area (Å²) in [5, 5.41) is 2.91. The summed E-state index contributed by atoms with van der Waals surface area (Å²) >= 11 is 0. The summed E-state index contributed by atoms with van der Waals surface area (Å²) in [6.07, 6.45) is 1.15. The molecule has 1 amide bonds. The molecule has 2 unspecified atom stereocenters. The predicted octanol–water partition coefficient (Wildman–Crippen LogP) is 4.61. The number of aromatic amines is 1. The Bertz CT molecular complexity index is 1280. The van der Waals surface area contributed by atoms with Crippen LogP contribution in [0.3, 0.4) is 0 Å². The first-order chi connectivity index (χ1) is 17.9. The fraction of sp³-hybridized carbons (Fsp3) is 0.517. The van der Waals surface area contributed by atoms with Crippen LogP contribution in [0, 0.1) is 12.8 Å². The number of alkyl halides is 2. The Morgan fingerprint density at radius 3 is 2.66 bits per heavy atom. The number of hydrogen-bond acceptors (Lipinski definition) is 5. The number of rotatable bonds is 10. The van der Waals surface area contributed by atoms with E-state index in [2.05, 4.69) is 17.2 Å². The second-order valence-corrected chi connectivity index (χ2v) is 10.8. The number of nitrogens with zero attached hydrogens (tertiary/aromatic N) is 1. The average molecular weight is 530 g/mol. The van der Waals surface area contributed by atoms with Gasteiger partial charge in [-0.2, -0.15) is 0 Å². The third-order valence-corrected chi connectivity index (χ3v) is 7.65. The van der Waals surface area contributed by atoms with Crippen molar-refractivity contribution in [2.45, 2.75) is 71.3 Å². The van der Waals surface area contributed by atoms with Crippen molar-refractivity contribution in [1.29, 1.82) is 0 Å². The highest BCUT2D eigenvalue weighted by Gasteiger charge is 2.41. The van der Waals surface area contributed by atoms with Crippen LogP contribution in [0.1, 0.15) is 61.9 Å². The van der Waals surface area contributed by atoms with Crippen LogP contribution in [-0.4, -0.2) is 54.7 Å². The van der Waals surface area contributed by atoms with Crippen LogP contribution in [0.5, 0.6) is 5.75 Å². The van der Waals surface area contributed by atoms with E-state index in [-0.39, 0.29) is 48.7 Å². The quantitative estimate of drug-likeness (QED) is 0.470. The smallest absolute Gasteiger partial charge is 0.257 e. The molecule has 7 nitrogen and oxygen atoms in total. The van der Waals surface area contributed by atoms with Crippen LogP contribution in [0.4, 0.5) is 8.78 Å². The number of amides is 1. The second-order valence-electron chi connectivity index (χ2n) is 10.8. The van der Waals surface area contributed by atoms with Gasteiger partial charge in [-0.1, -0.05) is 36.8 Å². The van der Waals surface area contributed by atoms with Crippen molar-refractivity contribution in [2.24, 2.45) is 5.92 Å². The second kappa shape index (κ2) is 11.0. The zero-order chi connectivity index (χ0) is 27.8. The topological polar surface area (TPSA) is 83.7 Å². The molecule has 1 fully saturated rings. The number of aromatic nitrogens is 1. The number of nitrogens with one attached hydrogen (secondary N) is 2. The zero-order valence-corrected chi connectivity index (χ0v) is 22.9. The molecule has 1 aromatic heterocycles. The highest BCUT2D eigenvalue weighted by Crippen LogP contribution is 2.46. The van der Waals surface area contributed by atoms with Gasteiger partial charge in [0.15, 0.2) is 0 Å². The third kappa shape index (κ3) is 5.83. The molecule has 0 bridgehead atoms. The van der Waals surface area contributed by atoms with Crippen molar-refractivity contribution in [3.63, 3.8) is 0 Å². The highest BCUT2D eigenvalue weighted by molar-refractivity contribution is 6.22. The van der Waals surface area contributed by atoms with Gasteiger partial charge in [0, 0.05) is 30.5 Å². The lowest BCUT2D eigenvalue weighted by Crippen LogP contribution is -2.52. The summed E-state index contributed by atoms with van der Waals surface area (Å²) in [6, 6.07) is 9.61. The van der Waals surface area contributed by atoms with Gasteiger partial charge >= 0.3 is 0 Å². The third-order valence-electron chi connectivity index (χ3n) is 7.65. The fourth-order valence-corrected chi connectivity index (χ4v) is 5.65. The van der Waals surface area contributed by atoms with E-state index < -0.39 is 5.92 Å². The average Bonchev–Trinajstić information content (AvgIpc) is 3.07. The Kier molecular flexibility index (Phi) is 8.09. The summed E-state index contributed by atoms with van der Waals surface area (Å²) < 4.78 is 38.1. The van der Waals surface area contributed by atoms with Crippen LogP contribution < -0.4 is 15.6 Å². The molecule has 1 saturated heterocycles. The minimum absolute atomic E-state index is 0.0218. The molecule has 4 atom stereocenters. The van der Waals surface area contributed by atoms with E-state index in [1.165, 1.54) is 7.11 Å². The molecule has 2 aliphatic rings. The molecular formula is C29H37F2N3O4. The van der Waals surface area contributed by atoms with E-state index in [0.29, 0.717) is 29.0 Å². The molecule has 206 valence electrons. The van der Waals surface area contributed by atoms with E-state index in [1.54, 1.807) is 24.9 Å². The molecule has 0 saturated carbocycles. The molecule has 0 spiro atoms. The minimum atomic E-state index is -2.76. The number of carbonyl (C=O) groups is 1. The minimum Gasteiger partial charge on any atom is -0.496 e. The van der Waals surface area contributed by atoms with Gasteiger partial charge in [-0.3, -0.25) is 14.5 Å². The summed E-state index contributed by atoms with van der Waals surface area (Å²) in [7, 11) is 3.16. The van der Waals surface area contributed by atoms with Crippen molar-refractivity contribution < 1.29 is 23.0 Å². The molecule has 38 heavy (non-hydrogen) atoms. The van der Waals surface area contributed by atoms with Crippen LogP contribution in [0.15, 0.2) is 40.7 Å². The lowest BCUT2D eigenvalue weighted by atomic mass is 9.83. The first-order valence-electron chi connectivity index (χ1n) is 13.0. The largest absolute Gasteiger partial charge is 0.496 e. The van der Waals surface area contributed by atoms with Crippen molar-refractivity contribution in [1.82, 2.24) is 15.2 Å². The van der Waals surface area contributed by atoms with Crippen molar-refractivity contribution >= 4 is 11.5 Å². The van der Waals surface area contributed by atoms with E-state index in [0.717, 1.165) is 30.0 Å². The van der Waals surface area contributed by atoms with Crippen molar-refractivity contribution in [2.75, 3.05) is 20.7 Å². The monoisotopic (exact) mass is 529 g/mol. The Morgan fingerprint density at radius 2 is 2.00 bits per heavy atom. The molecule has 1 aliphatic heterocycles. The number of carbonyl (C=O) groups excluding carboxylic acids is 1. The molecule has 1 aromatic carbocycles. The van der Waals surface area contributed by atoms with Gasteiger partial charge in [0.05, 0.1) is 31.9 Å². The van der Waals surface area contributed by atoms with Gasteiger partial charge in [0.25, 0.3) is 17.4 Å². The molecule has 4 rings (SSSR count). The van der Waals surface area contributed by atoms with Crippen LogP contribution >= 0.6 is 0 Å². The number of halogens is 2. The molecule has 2 N–H and O–H groups in total. The number of H-pyrrole nitrogens is 1. The van der Waals surface area contributed by atoms with Crippen molar-refractivity contribution in [3.05, 3.63) is 68.6 Å². The predicted molar refractivity (Wildman–Crippen MR) is 142 cm³/mol. The number of ether oxygens (including phenoxy) is 2. The molecule has 1 aliphatic carbocycles. The number of hydrogen-bond donors (Lipinski definition) is 2. The van der Waals surface area contributed by atoms with Gasteiger partial charge in [-0.15, -0.1) is 0 Å².